The van der Waals surface area contributed by atoms with E-state index in [1.807, 2.05) is 0 Å². The number of anilines is 2. The number of nitrogens with one attached hydrogen (secondary N) is 2. The minimum absolute atomic E-state index is 0.0434. The van der Waals surface area contributed by atoms with Crippen LogP contribution in [0.5, 0.6) is 11.5 Å². The molecule has 0 radical (unpaired) electrons. The van der Waals surface area contributed by atoms with Gasteiger partial charge in [0.25, 0.3) is 11.8 Å². The van der Waals surface area contributed by atoms with Gasteiger partial charge in [-0.25, -0.2) is 9.59 Å². The van der Waals surface area contributed by atoms with Gasteiger partial charge >= 0.3 is 11.9 Å². The van der Waals surface area contributed by atoms with Crippen LogP contribution in [0.1, 0.15) is 66.4 Å². The fraction of sp³-hybridized carbons (Fsp3) is 0.125. The van der Waals surface area contributed by atoms with E-state index in [1.54, 1.807) is 149 Å². The molecule has 0 atom stereocenters. The number of nitrogens with zero attached hydrogens (tertiary/aromatic N) is 4. The Labute approximate surface area is 355 Å². The van der Waals surface area contributed by atoms with Gasteiger partial charge in [0.2, 0.25) is 0 Å². The summed E-state index contributed by atoms with van der Waals surface area (Å²) >= 11 is 0. The smallest absolute Gasteiger partial charge is 0.338 e. The Kier molecular flexibility index (Phi) is 12.4. The molecule has 0 fully saturated rings. The average molecular weight is 829 g/mol. The number of azo groups is 2. The van der Waals surface area contributed by atoms with Crippen LogP contribution in [0, 0.1) is 13.8 Å². The fourth-order valence-corrected chi connectivity index (χ4v) is 6.62. The molecule has 0 aromatic heterocycles. The predicted molar refractivity (Wildman–Crippen MR) is 236 cm³/mol. The van der Waals surface area contributed by atoms with Crippen LogP contribution in [0.2, 0.25) is 0 Å². The van der Waals surface area contributed by atoms with Crippen molar-refractivity contribution in [1.29, 1.82) is 0 Å². The monoisotopic (exact) mass is 828 g/mol. The first-order valence-electron chi connectivity index (χ1n) is 19.6. The van der Waals surface area contributed by atoms with Crippen molar-refractivity contribution in [2.24, 2.45) is 20.5 Å². The minimum atomic E-state index is -0.611. The van der Waals surface area contributed by atoms with Crippen molar-refractivity contribution in [2.45, 2.75) is 27.7 Å². The molecular formula is C48H40N6O8. The standard InChI is InChI=1S/C48H40N6O8/c1-5-61-47(59)29-15-19-33(20-16-29)51-53-41-35-13-9-7-11-31(35)25-37(43(41)55)45(57)49-39-23-28(4)40(24-27(39)3)50-46(58)38-26-32-12-8-10-14-36(32)42(44(38)56)54-52-34-21-17-30(18-22-34)48(60)62-6-2/h7-26,55-56H,5-6H2,1-4H3,(H,49,57)(H,50,58). The zero-order valence-corrected chi connectivity index (χ0v) is 34.1. The zero-order chi connectivity index (χ0) is 43.9. The van der Waals surface area contributed by atoms with Gasteiger partial charge in [-0.3, -0.25) is 9.59 Å². The summed E-state index contributed by atoms with van der Waals surface area (Å²) in [6.45, 7) is 7.44. The third-order valence-electron chi connectivity index (χ3n) is 9.84. The molecule has 0 heterocycles. The van der Waals surface area contributed by atoms with E-state index in [9.17, 15) is 29.4 Å². The summed E-state index contributed by atoms with van der Waals surface area (Å²) in [4.78, 5) is 51.8. The van der Waals surface area contributed by atoms with Gasteiger partial charge in [-0.05, 0) is 122 Å². The number of carbonyl (C=O) groups is 4. The molecule has 7 aromatic rings. The van der Waals surface area contributed by atoms with E-state index in [0.29, 0.717) is 66.5 Å². The van der Waals surface area contributed by atoms with Crippen LogP contribution >= 0.6 is 0 Å². The highest BCUT2D eigenvalue weighted by Crippen LogP contribution is 2.41. The quantitative estimate of drug-likeness (QED) is 0.0688. The number of phenolic OH excluding ortho intramolecular Hbond substituents is 2. The van der Waals surface area contributed by atoms with E-state index in [-0.39, 0.29) is 47.2 Å². The summed E-state index contributed by atoms with van der Waals surface area (Å²) < 4.78 is 10.1. The van der Waals surface area contributed by atoms with Crippen LogP contribution < -0.4 is 10.6 Å². The van der Waals surface area contributed by atoms with E-state index in [1.165, 1.54) is 0 Å². The number of benzene rings is 7. The van der Waals surface area contributed by atoms with Crippen LogP contribution in [-0.4, -0.2) is 47.2 Å². The summed E-state index contributed by atoms with van der Waals surface area (Å²) in [5.41, 5.74) is 3.65. The number of esters is 2. The molecule has 14 nitrogen and oxygen atoms in total. The van der Waals surface area contributed by atoms with E-state index in [2.05, 4.69) is 31.1 Å². The van der Waals surface area contributed by atoms with Gasteiger partial charge in [0, 0.05) is 22.1 Å². The molecule has 7 aromatic carbocycles. The number of aryl methyl sites for hydroxylation is 2. The molecule has 0 saturated carbocycles. The van der Waals surface area contributed by atoms with Crippen LogP contribution in [-0.2, 0) is 9.47 Å². The topological polar surface area (TPSA) is 201 Å². The fourth-order valence-electron chi connectivity index (χ4n) is 6.62. The highest BCUT2D eigenvalue weighted by molar-refractivity contribution is 6.13. The highest BCUT2D eigenvalue weighted by atomic mass is 16.5. The molecule has 0 unspecified atom stereocenters. The van der Waals surface area contributed by atoms with Gasteiger partial charge < -0.3 is 30.3 Å². The number of hydrogen-bond acceptors (Lipinski definition) is 12. The Bertz CT molecular complexity index is 2740. The van der Waals surface area contributed by atoms with Gasteiger partial charge in [-0.15, -0.1) is 10.2 Å². The third-order valence-corrected chi connectivity index (χ3v) is 9.84. The second-order valence-electron chi connectivity index (χ2n) is 14.0. The lowest BCUT2D eigenvalue weighted by molar-refractivity contribution is 0.0517. The molecule has 0 bridgehead atoms. The van der Waals surface area contributed by atoms with Crippen molar-refractivity contribution in [3.8, 4) is 11.5 Å². The van der Waals surface area contributed by atoms with Gasteiger partial charge in [0.15, 0.2) is 11.5 Å². The predicted octanol–water partition coefficient (Wildman–Crippen LogP) is 11.7. The maximum absolute atomic E-state index is 13.8. The zero-order valence-electron chi connectivity index (χ0n) is 34.1. The highest BCUT2D eigenvalue weighted by Gasteiger charge is 2.22. The van der Waals surface area contributed by atoms with Gasteiger partial charge in [0.1, 0.15) is 11.4 Å². The van der Waals surface area contributed by atoms with Crippen LogP contribution in [0.3, 0.4) is 0 Å². The number of rotatable bonds is 12. The molecule has 0 aliphatic rings. The molecular weight excluding hydrogens is 789 g/mol. The summed E-state index contributed by atoms with van der Waals surface area (Å²) in [6.07, 6.45) is 0. The largest absolute Gasteiger partial charge is 0.505 e. The first-order chi connectivity index (χ1) is 29.9. The van der Waals surface area contributed by atoms with Crippen molar-refractivity contribution in [2.75, 3.05) is 23.8 Å². The van der Waals surface area contributed by atoms with Crippen molar-refractivity contribution in [1.82, 2.24) is 0 Å². The van der Waals surface area contributed by atoms with E-state index < -0.39 is 23.8 Å². The summed E-state index contributed by atoms with van der Waals surface area (Å²) in [5, 5.41) is 48.2. The Hall–Kier alpha value is -8.26. The number of hydrogen-bond donors (Lipinski definition) is 4. The third kappa shape index (κ3) is 8.99. The average Bonchev–Trinajstić information content (AvgIpc) is 3.27. The van der Waals surface area contributed by atoms with Crippen molar-refractivity contribution < 1.29 is 38.9 Å². The van der Waals surface area contributed by atoms with Gasteiger partial charge in [-0.1, -0.05) is 48.5 Å². The molecule has 0 spiro atoms. The summed E-state index contributed by atoms with van der Waals surface area (Å²) in [7, 11) is 0. The molecule has 310 valence electrons. The maximum atomic E-state index is 13.8. The number of carbonyl (C=O) groups excluding carboxylic acids is 4. The second kappa shape index (κ2) is 18.3. The maximum Gasteiger partial charge on any atom is 0.338 e. The van der Waals surface area contributed by atoms with Crippen molar-refractivity contribution in [3.05, 3.63) is 155 Å². The van der Waals surface area contributed by atoms with E-state index in [4.69, 9.17) is 9.47 Å². The molecule has 0 aliphatic carbocycles. The SMILES string of the molecule is CCOC(=O)c1ccc(N=Nc2c(O)c(C(=O)Nc3cc(C)c(NC(=O)c4cc5ccccc5c(N=Nc5ccc(C(=O)OCC)cc5)c4O)cc3C)cc3ccccc23)cc1. The minimum Gasteiger partial charge on any atom is -0.505 e. The van der Waals surface area contributed by atoms with Crippen molar-refractivity contribution in [3.63, 3.8) is 0 Å². The molecule has 2 amide bonds. The van der Waals surface area contributed by atoms with E-state index >= 15 is 0 Å². The lowest BCUT2D eigenvalue weighted by Crippen LogP contribution is -2.15. The molecule has 14 heteroatoms. The number of amides is 2. The Balaban J connectivity index is 1.12. The first kappa shape index (κ1) is 41.9. The Morgan fingerprint density at radius 3 is 1.26 bits per heavy atom. The van der Waals surface area contributed by atoms with E-state index in [0.717, 1.165) is 0 Å². The molecule has 0 aliphatic heterocycles. The number of fused-ring (bicyclic) bond motifs is 2. The van der Waals surface area contributed by atoms with Crippen LogP contribution in [0.15, 0.2) is 142 Å². The molecule has 7 rings (SSSR count). The van der Waals surface area contributed by atoms with Crippen LogP contribution in [0.4, 0.5) is 34.1 Å². The first-order valence-corrected chi connectivity index (χ1v) is 19.6. The van der Waals surface area contributed by atoms with Crippen LogP contribution in [0.25, 0.3) is 21.5 Å². The molecule has 4 N–H and O–H groups in total. The molecule has 62 heavy (non-hydrogen) atoms. The van der Waals surface area contributed by atoms with Gasteiger partial charge in [-0.2, -0.15) is 10.2 Å². The Morgan fingerprint density at radius 2 is 0.887 bits per heavy atom. The molecule has 0 saturated heterocycles. The Morgan fingerprint density at radius 1 is 0.516 bits per heavy atom. The summed E-state index contributed by atoms with van der Waals surface area (Å²) in [6, 6.07) is 33.4. The van der Waals surface area contributed by atoms with Gasteiger partial charge in [0.05, 0.1) is 46.8 Å². The summed E-state index contributed by atoms with van der Waals surface area (Å²) in [5.74, 6) is -2.91. The number of phenols is 2. The lowest BCUT2D eigenvalue weighted by Gasteiger charge is -2.16. The lowest BCUT2D eigenvalue weighted by atomic mass is 10.0. The second-order valence-corrected chi connectivity index (χ2v) is 14.0. The van der Waals surface area contributed by atoms with Crippen molar-refractivity contribution >= 4 is 79.4 Å². The normalized spacial score (nSPS) is 11.3. The number of aromatic hydroxyl groups is 2. The number of ether oxygens (including phenoxy) is 2.